The Bertz CT molecular complexity index is 1850. The van der Waals surface area contributed by atoms with E-state index in [1.54, 1.807) is 14.2 Å². The fraction of sp³-hybridized carbons (Fsp3) is 0.294. The average Bonchev–Trinajstić information content (AvgIpc) is 3.63. The van der Waals surface area contributed by atoms with Gasteiger partial charge in [0.05, 0.1) is 47.3 Å². The smallest absolute Gasteiger partial charge is 0.120 e. The number of aryl methyl sites for hydroxylation is 1. The molecule has 0 radical (unpaired) electrons. The summed E-state index contributed by atoms with van der Waals surface area (Å²) in [6.07, 6.45) is 7.64. The highest BCUT2D eigenvalue weighted by Gasteiger charge is 2.20. The van der Waals surface area contributed by atoms with Gasteiger partial charge in [-0.05, 0) is 30.7 Å². The molecule has 7 aromatic rings. The van der Waals surface area contributed by atoms with Gasteiger partial charge < -0.3 is 24.0 Å². The van der Waals surface area contributed by atoms with E-state index in [0.717, 1.165) is 35.5 Å². The van der Waals surface area contributed by atoms with Gasteiger partial charge in [-0.1, -0.05) is 63.3 Å². The molecule has 0 fully saturated rings. The third-order valence-electron chi connectivity index (χ3n) is 8.47. The predicted octanol–water partition coefficient (Wildman–Crippen LogP) is 9.44. The number of hydrogen-bond donors (Lipinski definition) is 2. The molecule has 5 heteroatoms. The maximum absolute atomic E-state index is 5.53. The third kappa shape index (κ3) is 3.75. The molecular weight excluding hydrogens is 482 g/mol. The van der Waals surface area contributed by atoms with E-state index in [0.29, 0.717) is 0 Å². The standard InChI is InChI=1S/C34H35N3O2/c1-4-5-6-7-8-9-18-37-33-27(16-14-25-23-12-10-21(38-2)19-29(23)35-31(25)33)28-17-15-26-24-13-11-22(39-3)20-30(24)36-32(26)34(28)37/h10-17,19-20,35-36H,4-9,18H2,1-3H3. The van der Waals surface area contributed by atoms with Crippen molar-refractivity contribution in [1.82, 2.24) is 14.5 Å². The highest BCUT2D eigenvalue weighted by atomic mass is 16.5. The van der Waals surface area contributed by atoms with E-state index in [-0.39, 0.29) is 0 Å². The summed E-state index contributed by atoms with van der Waals surface area (Å²) < 4.78 is 13.6. The number of methoxy groups -OCH3 is 2. The number of hydrogen-bond acceptors (Lipinski definition) is 2. The van der Waals surface area contributed by atoms with Crippen molar-refractivity contribution in [2.45, 2.75) is 52.0 Å². The summed E-state index contributed by atoms with van der Waals surface area (Å²) in [7, 11) is 3.45. The molecule has 0 unspecified atom stereocenters. The summed E-state index contributed by atoms with van der Waals surface area (Å²) >= 11 is 0. The van der Waals surface area contributed by atoms with Crippen LogP contribution in [-0.4, -0.2) is 28.8 Å². The fourth-order valence-electron chi connectivity index (χ4n) is 6.51. The second kappa shape index (κ2) is 9.57. The largest absolute Gasteiger partial charge is 0.497 e. The Morgan fingerprint density at radius 1 is 0.564 bits per heavy atom. The van der Waals surface area contributed by atoms with Crippen molar-refractivity contribution in [3.8, 4) is 11.5 Å². The molecule has 3 heterocycles. The minimum absolute atomic E-state index is 0.869. The van der Waals surface area contributed by atoms with Crippen LogP contribution in [0.4, 0.5) is 0 Å². The lowest BCUT2D eigenvalue weighted by molar-refractivity contribution is 0.415. The highest BCUT2D eigenvalue weighted by Crippen LogP contribution is 2.41. The number of fused-ring (bicyclic) bond motifs is 11. The van der Waals surface area contributed by atoms with Crippen molar-refractivity contribution in [1.29, 1.82) is 0 Å². The zero-order valence-corrected chi connectivity index (χ0v) is 23.0. The molecule has 5 nitrogen and oxygen atoms in total. The second-order valence-corrected chi connectivity index (χ2v) is 10.8. The van der Waals surface area contributed by atoms with Crippen molar-refractivity contribution in [3.63, 3.8) is 0 Å². The average molecular weight is 518 g/mol. The van der Waals surface area contributed by atoms with Crippen molar-refractivity contribution in [2.75, 3.05) is 14.2 Å². The Morgan fingerprint density at radius 3 is 1.54 bits per heavy atom. The first-order valence-corrected chi connectivity index (χ1v) is 14.2. The van der Waals surface area contributed by atoms with E-state index in [1.807, 2.05) is 12.1 Å². The molecular formula is C34H35N3O2. The number of rotatable bonds is 9. The fourth-order valence-corrected chi connectivity index (χ4v) is 6.51. The quantitative estimate of drug-likeness (QED) is 0.187. The van der Waals surface area contributed by atoms with Crippen molar-refractivity contribution in [3.05, 3.63) is 60.7 Å². The normalized spacial score (nSPS) is 12.2. The van der Waals surface area contributed by atoms with Crippen molar-refractivity contribution >= 4 is 65.4 Å². The van der Waals surface area contributed by atoms with Gasteiger partial charge >= 0.3 is 0 Å². The van der Waals surface area contributed by atoms with E-state index in [2.05, 4.69) is 70.0 Å². The van der Waals surface area contributed by atoms with Gasteiger partial charge in [-0.25, -0.2) is 0 Å². The van der Waals surface area contributed by atoms with Crippen LogP contribution in [0.2, 0.25) is 0 Å². The molecule has 7 rings (SSSR count). The van der Waals surface area contributed by atoms with Crippen molar-refractivity contribution < 1.29 is 9.47 Å². The van der Waals surface area contributed by atoms with Gasteiger partial charge in [-0.2, -0.15) is 0 Å². The van der Waals surface area contributed by atoms with Crippen LogP contribution in [-0.2, 0) is 6.54 Å². The number of H-pyrrole nitrogens is 2. The molecule has 0 aliphatic carbocycles. The van der Waals surface area contributed by atoms with Crippen LogP contribution in [0, 0.1) is 0 Å². The minimum atomic E-state index is 0.869. The van der Waals surface area contributed by atoms with Gasteiger partial charge in [0.25, 0.3) is 0 Å². The number of ether oxygens (including phenoxy) is 2. The Morgan fingerprint density at radius 2 is 1.03 bits per heavy atom. The van der Waals surface area contributed by atoms with Crippen LogP contribution in [0.1, 0.15) is 45.4 Å². The van der Waals surface area contributed by atoms with Gasteiger partial charge in [-0.3, -0.25) is 0 Å². The molecule has 2 N–H and O–H groups in total. The lowest BCUT2D eigenvalue weighted by Gasteiger charge is -2.09. The monoisotopic (exact) mass is 517 g/mol. The number of unbranched alkanes of at least 4 members (excludes halogenated alkanes) is 5. The maximum atomic E-state index is 5.53. The molecule has 4 aromatic carbocycles. The molecule has 0 bridgehead atoms. The summed E-state index contributed by atoms with van der Waals surface area (Å²) in [4.78, 5) is 7.56. The van der Waals surface area contributed by atoms with Gasteiger partial charge in [0.1, 0.15) is 11.5 Å². The minimum Gasteiger partial charge on any atom is -0.497 e. The van der Waals surface area contributed by atoms with Crippen LogP contribution in [0.5, 0.6) is 11.5 Å². The molecule has 198 valence electrons. The molecule has 0 aliphatic heterocycles. The second-order valence-electron chi connectivity index (χ2n) is 10.8. The lowest BCUT2D eigenvalue weighted by atomic mass is 10.1. The van der Waals surface area contributed by atoms with Gasteiger partial charge in [-0.15, -0.1) is 0 Å². The van der Waals surface area contributed by atoms with E-state index < -0.39 is 0 Å². The van der Waals surface area contributed by atoms with E-state index in [9.17, 15) is 0 Å². The highest BCUT2D eigenvalue weighted by molar-refractivity contribution is 6.27. The summed E-state index contributed by atoms with van der Waals surface area (Å²) in [5.41, 5.74) is 7.19. The number of aromatic nitrogens is 3. The molecule has 0 saturated heterocycles. The summed E-state index contributed by atoms with van der Waals surface area (Å²) in [5.74, 6) is 1.74. The van der Waals surface area contributed by atoms with E-state index in [1.165, 1.54) is 86.5 Å². The van der Waals surface area contributed by atoms with Gasteiger partial charge in [0, 0.05) is 51.0 Å². The molecule has 0 aliphatic rings. The first kappa shape index (κ1) is 24.0. The Kier molecular flexibility index (Phi) is 5.88. The summed E-state index contributed by atoms with van der Waals surface area (Å²) in [5, 5.41) is 7.55. The van der Waals surface area contributed by atoms with Crippen LogP contribution in [0.15, 0.2) is 60.7 Å². The number of benzene rings is 4. The van der Waals surface area contributed by atoms with Crippen molar-refractivity contribution in [2.24, 2.45) is 0 Å². The summed E-state index contributed by atoms with van der Waals surface area (Å²) in [6, 6.07) is 21.8. The molecule has 0 atom stereocenters. The Labute approximate surface area is 227 Å². The van der Waals surface area contributed by atoms with Gasteiger partial charge in [0.15, 0.2) is 0 Å². The molecule has 0 saturated carbocycles. The van der Waals surface area contributed by atoms with Gasteiger partial charge in [0.2, 0.25) is 0 Å². The van der Waals surface area contributed by atoms with E-state index in [4.69, 9.17) is 9.47 Å². The first-order chi connectivity index (χ1) is 19.2. The predicted molar refractivity (Wildman–Crippen MR) is 165 cm³/mol. The number of nitrogens with one attached hydrogen (secondary N) is 2. The number of nitrogens with zero attached hydrogens (tertiary/aromatic N) is 1. The van der Waals surface area contributed by atoms with Crippen LogP contribution in [0.25, 0.3) is 65.4 Å². The molecule has 3 aromatic heterocycles. The Balaban J connectivity index is 1.50. The zero-order chi connectivity index (χ0) is 26.5. The third-order valence-corrected chi connectivity index (χ3v) is 8.47. The maximum Gasteiger partial charge on any atom is 0.120 e. The van der Waals surface area contributed by atoms with Crippen LogP contribution in [0.3, 0.4) is 0 Å². The first-order valence-electron chi connectivity index (χ1n) is 14.2. The molecule has 0 amide bonds. The Hall–Kier alpha value is -4.12. The number of aromatic amines is 2. The lowest BCUT2D eigenvalue weighted by Crippen LogP contribution is -1.99. The topological polar surface area (TPSA) is 55.0 Å². The van der Waals surface area contributed by atoms with E-state index >= 15 is 0 Å². The van der Waals surface area contributed by atoms with Crippen LogP contribution >= 0.6 is 0 Å². The molecule has 0 spiro atoms. The zero-order valence-electron chi connectivity index (χ0n) is 23.0. The van der Waals surface area contributed by atoms with Crippen LogP contribution < -0.4 is 9.47 Å². The SMILES string of the molecule is CCCCCCCCn1c2c(ccc3c4ccc(OC)cc4[nH]c32)c2ccc3c4ccc(OC)cc4[nH]c3c21. The summed E-state index contributed by atoms with van der Waals surface area (Å²) in [6.45, 7) is 3.27. The molecule has 39 heavy (non-hydrogen) atoms.